The average molecular weight is 291 g/mol. The number of rotatable bonds is 2. The fraction of sp³-hybridized carbons (Fsp3) is 0.368. The van der Waals surface area contributed by atoms with Crippen molar-refractivity contribution >= 4 is 9.52 Å². The number of likely N-dealkylation sites (tertiary alicyclic amines) is 1. The van der Waals surface area contributed by atoms with Gasteiger partial charge in [-0.1, -0.05) is 54.6 Å². The molecule has 2 aromatic rings. The molecule has 2 aliphatic rings. The van der Waals surface area contributed by atoms with E-state index in [0.717, 1.165) is 16.1 Å². The van der Waals surface area contributed by atoms with Crippen LogP contribution >= 0.6 is 0 Å². The predicted octanol–water partition coefficient (Wildman–Crippen LogP) is 3.40. The average Bonchev–Trinajstić information content (AvgIpc) is 2.90. The summed E-state index contributed by atoms with van der Waals surface area (Å²) in [6.07, 6.45) is 2.69. The monoisotopic (exact) mass is 291 g/mol. The highest BCUT2D eigenvalue weighted by atomic mass is 28.2. The van der Waals surface area contributed by atoms with E-state index >= 15 is 0 Å². The maximum absolute atomic E-state index is 2.63. The smallest absolute Gasteiger partial charge is 0.0566 e. The van der Waals surface area contributed by atoms with Crippen LogP contribution in [-0.4, -0.2) is 27.5 Å². The van der Waals surface area contributed by atoms with Gasteiger partial charge in [0.1, 0.15) is 0 Å². The highest BCUT2D eigenvalue weighted by Crippen LogP contribution is 2.41. The van der Waals surface area contributed by atoms with Crippen molar-refractivity contribution in [2.24, 2.45) is 0 Å². The Balaban J connectivity index is 1.46. The number of hydrogen-bond donors (Lipinski definition) is 0. The summed E-state index contributed by atoms with van der Waals surface area (Å²) in [5, 5.41) is 0.518. The van der Waals surface area contributed by atoms with Gasteiger partial charge >= 0.3 is 0 Å². The second-order valence-electron chi connectivity index (χ2n) is 6.35. The minimum absolute atomic E-state index is 0.518. The van der Waals surface area contributed by atoms with Crippen molar-refractivity contribution in [2.45, 2.75) is 30.5 Å². The Morgan fingerprint density at radius 3 is 2.43 bits per heavy atom. The Labute approximate surface area is 129 Å². The minimum atomic E-state index is 0.518. The Morgan fingerprint density at radius 1 is 0.905 bits per heavy atom. The summed E-state index contributed by atoms with van der Waals surface area (Å²) < 4.78 is 0. The standard InChI is InChI=1S/C19H21NSi/c1-2-6-16(7-3-1)14-20-12-10-19(11-13-20)18-9-5-4-8-17(18)15-21-19/h1-9H,10-15H2. The van der Waals surface area contributed by atoms with Crippen LogP contribution in [0.15, 0.2) is 54.6 Å². The van der Waals surface area contributed by atoms with Crippen LogP contribution in [0, 0.1) is 0 Å². The van der Waals surface area contributed by atoms with Crippen LogP contribution in [-0.2, 0) is 17.6 Å². The van der Waals surface area contributed by atoms with Crippen molar-refractivity contribution in [1.29, 1.82) is 0 Å². The van der Waals surface area contributed by atoms with Crippen molar-refractivity contribution < 1.29 is 0 Å². The van der Waals surface area contributed by atoms with E-state index in [0.29, 0.717) is 5.04 Å². The molecule has 1 fully saturated rings. The van der Waals surface area contributed by atoms with Gasteiger partial charge in [0.15, 0.2) is 0 Å². The highest BCUT2D eigenvalue weighted by molar-refractivity contribution is 6.42. The van der Waals surface area contributed by atoms with Crippen molar-refractivity contribution in [3.05, 3.63) is 71.3 Å². The van der Waals surface area contributed by atoms with Crippen LogP contribution < -0.4 is 0 Å². The van der Waals surface area contributed by atoms with Gasteiger partial charge in [0, 0.05) is 6.54 Å². The summed E-state index contributed by atoms with van der Waals surface area (Å²) in [7, 11) is 1.10. The summed E-state index contributed by atoms with van der Waals surface area (Å²) in [4.78, 5) is 2.63. The first-order valence-electron chi connectivity index (χ1n) is 7.95. The summed E-state index contributed by atoms with van der Waals surface area (Å²) >= 11 is 0. The predicted molar refractivity (Wildman–Crippen MR) is 88.5 cm³/mol. The van der Waals surface area contributed by atoms with Gasteiger partial charge in [0.2, 0.25) is 0 Å². The van der Waals surface area contributed by atoms with Gasteiger partial charge in [0.05, 0.1) is 9.52 Å². The van der Waals surface area contributed by atoms with Crippen LogP contribution in [0.4, 0.5) is 0 Å². The summed E-state index contributed by atoms with van der Waals surface area (Å²) in [6, 6.07) is 21.4. The second kappa shape index (κ2) is 5.43. The van der Waals surface area contributed by atoms with Gasteiger partial charge in [-0.3, -0.25) is 4.90 Å². The second-order valence-corrected chi connectivity index (χ2v) is 8.02. The molecule has 0 atom stereocenters. The first-order chi connectivity index (χ1) is 10.4. The van der Waals surface area contributed by atoms with Crippen LogP contribution in [0.25, 0.3) is 0 Å². The maximum Gasteiger partial charge on any atom is 0.0566 e. The third kappa shape index (κ3) is 2.47. The molecule has 1 spiro atoms. The molecular formula is C19H21NSi. The molecule has 0 N–H and O–H groups in total. The van der Waals surface area contributed by atoms with Crippen LogP contribution in [0.2, 0.25) is 0 Å². The highest BCUT2D eigenvalue weighted by Gasteiger charge is 2.41. The van der Waals surface area contributed by atoms with Crippen LogP contribution in [0.3, 0.4) is 0 Å². The largest absolute Gasteiger partial charge is 0.299 e. The van der Waals surface area contributed by atoms with Gasteiger partial charge in [-0.15, -0.1) is 0 Å². The molecular weight excluding hydrogens is 270 g/mol. The van der Waals surface area contributed by atoms with Gasteiger partial charge in [-0.05, 0) is 53.7 Å². The number of fused-ring (bicyclic) bond motifs is 2. The zero-order valence-corrected chi connectivity index (χ0v) is 13.4. The number of nitrogens with zero attached hydrogens (tertiary/aromatic N) is 1. The lowest BCUT2D eigenvalue weighted by Crippen LogP contribution is -2.44. The molecule has 106 valence electrons. The quantitative estimate of drug-likeness (QED) is 0.767. The first kappa shape index (κ1) is 13.3. The normalized spacial score (nSPS) is 20.6. The fourth-order valence-corrected chi connectivity index (χ4v) is 5.73. The van der Waals surface area contributed by atoms with Crippen molar-refractivity contribution in [3.8, 4) is 0 Å². The molecule has 0 saturated carbocycles. The third-order valence-electron chi connectivity index (χ3n) is 5.11. The number of piperidine rings is 1. The van der Waals surface area contributed by atoms with Gasteiger partial charge in [-0.25, -0.2) is 0 Å². The Hall–Kier alpha value is -1.38. The van der Waals surface area contributed by atoms with Gasteiger partial charge in [-0.2, -0.15) is 0 Å². The molecule has 0 bridgehead atoms. The van der Waals surface area contributed by atoms with Gasteiger partial charge in [0.25, 0.3) is 0 Å². The Bertz CT molecular complexity index is 614. The summed E-state index contributed by atoms with van der Waals surface area (Å²) in [6.45, 7) is 3.61. The maximum atomic E-state index is 2.63. The third-order valence-corrected chi connectivity index (χ3v) is 7.11. The molecule has 2 aliphatic heterocycles. The summed E-state index contributed by atoms with van der Waals surface area (Å²) in [5.41, 5.74) is 4.73. The minimum Gasteiger partial charge on any atom is -0.299 e. The lowest BCUT2D eigenvalue weighted by Gasteiger charge is -2.40. The lowest BCUT2D eigenvalue weighted by molar-refractivity contribution is 0.189. The Morgan fingerprint density at radius 2 is 1.62 bits per heavy atom. The van der Waals surface area contributed by atoms with E-state index in [1.807, 2.05) is 0 Å². The van der Waals surface area contributed by atoms with E-state index in [2.05, 4.69) is 59.5 Å². The van der Waals surface area contributed by atoms with E-state index < -0.39 is 0 Å². The van der Waals surface area contributed by atoms with Crippen LogP contribution in [0.5, 0.6) is 0 Å². The molecule has 2 heterocycles. The van der Waals surface area contributed by atoms with Gasteiger partial charge < -0.3 is 0 Å². The first-order valence-corrected chi connectivity index (χ1v) is 9.16. The zero-order chi connectivity index (χ0) is 14.1. The number of benzene rings is 2. The van der Waals surface area contributed by atoms with Crippen LogP contribution in [0.1, 0.15) is 29.5 Å². The topological polar surface area (TPSA) is 3.24 Å². The molecule has 1 nitrogen and oxygen atoms in total. The summed E-state index contributed by atoms with van der Waals surface area (Å²) in [5.74, 6) is 0. The van der Waals surface area contributed by atoms with Crippen molar-refractivity contribution in [3.63, 3.8) is 0 Å². The molecule has 2 heteroatoms. The molecule has 4 rings (SSSR count). The number of hydrogen-bond acceptors (Lipinski definition) is 1. The molecule has 2 radical (unpaired) electrons. The fourth-order valence-electron chi connectivity index (χ4n) is 3.88. The SMILES string of the molecule is c1ccc(CN2CCC3(CC2)[Si]Cc2ccccc23)cc1. The van der Waals surface area contributed by atoms with E-state index in [9.17, 15) is 0 Å². The molecule has 2 aromatic carbocycles. The molecule has 0 aromatic heterocycles. The molecule has 0 unspecified atom stereocenters. The van der Waals surface area contributed by atoms with E-state index in [1.165, 1.54) is 37.5 Å². The van der Waals surface area contributed by atoms with E-state index in [-0.39, 0.29) is 0 Å². The van der Waals surface area contributed by atoms with E-state index in [4.69, 9.17) is 0 Å². The van der Waals surface area contributed by atoms with Crippen molar-refractivity contribution in [2.75, 3.05) is 13.1 Å². The molecule has 0 aliphatic carbocycles. The molecule has 1 saturated heterocycles. The molecule has 0 amide bonds. The zero-order valence-electron chi connectivity index (χ0n) is 12.4. The van der Waals surface area contributed by atoms with Crippen molar-refractivity contribution in [1.82, 2.24) is 4.90 Å². The lowest BCUT2D eigenvalue weighted by atomic mass is 9.86. The van der Waals surface area contributed by atoms with E-state index in [1.54, 1.807) is 11.1 Å². The molecule has 21 heavy (non-hydrogen) atoms. The Kier molecular flexibility index (Phi) is 3.44.